The van der Waals surface area contributed by atoms with Crippen molar-refractivity contribution in [1.82, 2.24) is 0 Å². The molecule has 2 nitrogen and oxygen atoms in total. The molecule has 1 aromatic rings. The van der Waals surface area contributed by atoms with E-state index in [1.54, 1.807) is 6.07 Å². The van der Waals surface area contributed by atoms with Gasteiger partial charge in [-0.2, -0.15) is 0 Å². The van der Waals surface area contributed by atoms with Gasteiger partial charge in [0, 0.05) is 31.4 Å². The van der Waals surface area contributed by atoms with Crippen LogP contribution in [0.15, 0.2) is 24.3 Å². The van der Waals surface area contributed by atoms with Crippen LogP contribution < -0.4 is 10.6 Å². The van der Waals surface area contributed by atoms with E-state index < -0.39 is 0 Å². The molecule has 0 saturated heterocycles. The van der Waals surface area contributed by atoms with Crippen molar-refractivity contribution in [3.8, 4) is 0 Å². The summed E-state index contributed by atoms with van der Waals surface area (Å²) in [6.07, 6.45) is 3.70. The van der Waals surface area contributed by atoms with Crippen molar-refractivity contribution in [3.63, 3.8) is 0 Å². The highest BCUT2D eigenvalue weighted by Crippen LogP contribution is 2.21. The average molecular weight is 208 g/mol. The third kappa shape index (κ3) is 3.36. The molecule has 0 amide bonds. The summed E-state index contributed by atoms with van der Waals surface area (Å²) in [7, 11) is 3.85. The van der Waals surface area contributed by atoms with Crippen molar-refractivity contribution in [1.29, 1.82) is 0 Å². The van der Waals surface area contributed by atoms with Gasteiger partial charge in [0.25, 0.3) is 0 Å². The van der Waals surface area contributed by atoms with Gasteiger partial charge in [-0.05, 0) is 25.1 Å². The van der Waals surface area contributed by atoms with Crippen molar-refractivity contribution in [2.75, 3.05) is 19.0 Å². The van der Waals surface area contributed by atoms with Gasteiger partial charge in [0.05, 0.1) is 0 Å². The van der Waals surface area contributed by atoms with E-state index in [2.05, 4.69) is 0 Å². The molecule has 3 heteroatoms. The van der Waals surface area contributed by atoms with Crippen molar-refractivity contribution in [2.24, 2.45) is 5.73 Å². The summed E-state index contributed by atoms with van der Waals surface area (Å²) < 4.78 is 13.1. The zero-order valence-electron chi connectivity index (χ0n) is 9.37. The largest absolute Gasteiger partial charge is 0.377 e. The van der Waals surface area contributed by atoms with E-state index in [0.29, 0.717) is 0 Å². The Morgan fingerprint density at radius 1 is 1.40 bits per heavy atom. The zero-order valence-corrected chi connectivity index (χ0v) is 9.37. The number of rotatable bonds is 3. The molecule has 2 N–H and O–H groups in total. The highest BCUT2D eigenvalue weighted by molar-refractivity contribution is 5.67. The van der Waals surface area contributed by atoms with E-state index in [-0.39, 0.29) is 11.9 Å². The first-order valence-electron chi connectivity index (χ1n) is 4.91. The van der Waals surface area contributed by atoms with Crippen LogP contribution in [0.1, 0.15) is 12.5 Å². The molecule has 0 radical (unpaired) electrons. The molecule has 0 spiro atoms. The lowest BCUT2D eigenvalue weighted by molar-refractivity contribution is 0.627. The van der Waals surface area contributed by atoms with Crippen LogP contribution in [0.3, 0.4) is 0 Å². The van der Waals surface area contributed by atoms with Gasteiger partial charge in [-0.15, -0.1) is 0 Å². The maximum Gasteiger partial charge on any atom is 0.123 e. The molecule has 0 aliphatic carbocycles. The highest BCUT2D eigenvalue weighted by Gasteiger charge is 2.03. The van der Waals surface area contributed by atoms with Gasteiger partial charge >= 0.3 is 0 Å². The summed E-state index contributed by atoms with van der Waals surface area (Å²) in [5.41, 5.74) is 7.43. The van der Waals surface area contributed by atoms with Gasteiger partial charge in [-0.3, -0.25) is 0 Å². The summed E-state index contributed by atoms with van der Waals surface area (Å²) in [5, 5.41) is 0. The third-order valence-corrected chi connectivity index (χ3v) is 2.05. The second kappa shape index (κ2) is 4.94. The lowest BCUT2D eigenvalue weighted by Gasteiger charge is -2.15. The Balaban J connectivity index is 3.07. The van der Waals surface area contributed by atoms with E-state index in [4.69, 9.17) is 5.73 Å². The van der Waals surface area contributed by atoms with Gasteiger partial charge < -0.3 is 10.6 Å². The smallest absolute Gasteiger partial charge is 0.123 e. The summed E-state index contributed by atoms with van der Waals surface area (Å²) in [4.78, 5) is 1.94. The fourth-order valence-corrected chi connectivity index (χ4v) is 1.32. The van der Waals surface area contributed by atoms with E-state index >= 15 is 0 Å². The Morgan fingerprint density at radius 3 is 2.60 bits per heavy atom. The predicted octanol–water partition coefficient (Wildman–Crippen LogP) is 2.25. The topological polar surface area (TPSA) is 29.3 Å². The van der Waals surface area contributed by atoms with E-state index in [0.717, 1.165) is 11.3 Å². The molecule has 1 aromatic carbocycles. The average Bonchev–Trinajstić information content (AvgIpc) is 2.14. The molecule has 0 heterocycles. The number of nitrogens with two attached hydrogens (primary N) is 1. The monoisotopic (exact) mass is 208 g/mol. The quantitative estimate of drug-likeness (QED) is 0.825. The fourth-order valence-electron chi connectivity index (χ4n) is 1.32. The second-order valence-electron chi connectivity index (χ2n) is 3.82. The van der Waals surface area contributed by atoms with Crippen LogP contribution in [0.25, 0.3) is 6.08 Å². The molecular weight excluding hydrogens is 191 g/mol. The minimum absolute atomic E-state index is 0.0247. The fraction of sp³-hybridized carbons (Fsp3) is 0.333. The van der Waals surface area contributed by atoms with Crippen LogP contribution in [0, 0.1) is 5.82 Å². The summed E-state index contributed by atoms with van der Waals surface area (Å²) in [5.74, 6) is -0.232. The Hall–Kier alpha value is -1.35. The van der Waals surface area contributed by atoms with Gasteiger partial charge in [0.15, 0.2) is 0 Å². The normalized spacial score (nSPS) is 13.1. The lowest BCUT2D eigenvalue weighted by atomic mass is 10.1. The second-order valence-corrected chi connectivity index (χ2v) is 3.82. The maximum absolute atomic E-state index is 13.1. The maximum atomic E-state index is 13.1. The van der Waals surface area contributed by atoms with Crippen molar-refractivity contribution < 1.29 is 4.39 Å². The summed E-state index contributed by atoms with van der Waals surface area (Å²) in [6, 6.07) is 4.70. The van der Waals surface area contributed by atoms with Crippen molar-refractivity contribution in [2.45, 2.75) is 13.0 Å². The molecule has 82 valence electrons. The SMILES string of the molecule is CC(N)/C=C/c1cc(F)ccc1N(C)C. The van der Waals surface area contributed by atoms with Crippen LogP contribution in [0.4, 0.5) is 10.1 Å². The number of benzene rings is 1. The van der Waals surface area contributed by atoms with Crippen LogP contribution in [0.5, 0.6) is 0 Å². The number of halogens is 1. The van der Waals surface area contributed by atoms with Gasteiger partial charge in [-0.1, -0.05) is 12.2 Å². The highest BCUT2D eigenvalue weighted by atomic mass is 19.1. The molecule has 0 saturated carbocycles. The van der Waals surface area contributed by atoms with Crippen LogP contribution in [-0.2, 0) is 0 Å². The number of nitrogens with zero attached hydrogens (tertiary/aromatic N) is 1. The Labute approximate surface area is 90.2 Å². The first-order valence-corrected chi connectivity index (χ1v) is 4.91. The van der Waals surface area contributed by atoms with Crippen LogP contribution >= 0.6 is 0 Å². The van der Waals surface area contributed by atoms with Crippen molar-refractivity contribution >= 4 is 11.8 Å². The predicted molar refractivity (Wildman–Crippen MR) is 63.4 cm³/mol. The molecule has 0 fully saturated rings. The Bertz CT molecular complexity index is 357. The number of anilines is 1. The molecule has 15 heavy (non-hydrogen) atoms. The standard InChI is InChI=1S/C12H17FN2/c1-9(14)4-5-10-8-11(13)6-7-12(10)15(2)3/h4-9H,14H2,1-3H3/b5-4+. The molecule has 1 unspecified atom stereocenters. The lowest BCUT2D eigenvalue weighted by Crippen LogP contribution is -2.12. The van der Waals surface area contributed by atoms with E-state index in [9.17, 15) is 4.39 Å². The number of hydrogen-bond acceptors (Lipinski definition) is 2. The minimum atomic E-state index is -0.232. The molecule has 0 aliphatic heterocycles. The molecular formula is C12H17FN2. The Kier molecular flexibility index (Phi) is 3.86. The summed E-state index contributed by atoms with van der Waals surface area (Å²) >= 11 is 0. The van der Waals surface area contributed by atoms with E-state index in [1.165, 1.54) is 12.1 Å². The van der Waals surface area contributed by atoms with E-state index in [1.807, 2.05) is 38.1 Å². The molecule has 0 bridgehead atoms. The van der Waals surface area contributed by atoms with Gasteiger partial charge in [0.1, 0.15) is 5.82 Å². The van der Waals surface area contributed by atoms with Gasteiger partial charge in [-0.25, -0.2) is 4.39 Å². The molecule has 1 rings (SSSR count). The molecule has 0 aliphatic rings. The third-order valence-electron chi connectivity index (χ3n) is 2.05. The first kappa shape index (κ1) is 11.7. The van der Waals surface area contributed by atoms with Gasteiger partial charge in [0.2, 0.25) is 0 Å². The summed E-state index contributed by atoms with van der Waals surface area (Å²) in [6.45, 7) is 1.88. The minimum Gasteiger partial charge on any atom is -0.377 e. The number of hydrogen-bond donors (Lipinski definition) is 1. The molecule has 0 aromatic heterocycles. The van der Waals surface area contributed by atoms with Crippen LogP contribution in [0.2, 0.25) is 0 Å². The zero-order chi connectivity index (χ0) is 11.4. The van der Waals surface area contributed by atoms with Crippen LogP contribution in [-0.4, -0.2) is 20.1 Å². The Morgan fingerprint density at radius 2 is 2.07 bits per heavy atom. The first-order chi connectivity index (χ1) is 7.00. The molecule has 1 atom stereocenters. The van der Waals surface area contributed by atoms with Crippen molar-refractivity contribution in [3.05, 3.63) is 35.7 Å².